The molecule has 0 aliphatic carbocycles. The molecule has 1 aromatic rings. The number of nitrogens with one attached hydrogen (secondary N) is 1. The number of likely N-dealkylation sites (N-methyl/N-ethyl adjacent to an activating group) is 1. The minimum atomic E-state index is 0.342. The Hall–Kier alpha value is -0.450. The molecule has 3 nitrogen and oxygen atoms in total. The molecule has 0 aromatic carbocycles. The molecule has 3 atom stereocenters. The SMILES string of the molecule is CCNC(Cc1nc(C)c(C)s1)C1OCCC1C. The predicted molar refractivity (Wildman–Crippen MR) is 76.3 cm³/mol. The van der Waals surface area contributed by atoms with Crippen LogP contribution in [0.3, 0.4) is 0 Å². The maximum absolute atomic E-state index is 5.90. The van der Waals surface area contributed by atoms with Crippen LogP contribution in [0.5, 0.6) is 0 Å². The standard InChI is InChI=1S/C14H24N2OS/c1-5-15-12(14-9(2)6-7-17-14)8-13-16-10(3)11(4)18-13/h9,12,14-15H,5-8H2,1-4H3. The van der Waals surface area contributed by atoms with Gasteiger partial charge >= 0.3 is 0 Å². The lowest BCUT2D eigenvalue weighted by atomic mass is 9.95. The Morgan fingerprint density at radius 3 is 2.78 bits per heavy atom. The van der Waals surface area contributed by atoms with E-state index in [1.807, 2.05) is 11.3 Å². The second-order valence-corrected chi connectivity index (χ2v) is 6.51. The Bertz CT molecular complexity index is 372. The molecule has 1 saturated heterocycles. The van der Waals surface area contributed by atoms with E-state index >= 15 is 0 Å². The van der Waals surface area contributed by atoms with E-state index in [4.69, 9.17) is 4.74 Å². The molecular weight excluding hydrogens is 244 g/mol. The van der Waals surface area contributed by atoms with Gasteiger partial charge in [-0.2, -0.15) is 0 Å². The van der Waals surface area contributed by atoms with Gasteiger partial charge < -0.3 is 10.1 Å². The lowest BCUT2D eigenvalue weighted by Crippen LogP contribution is -2.43. The summed E-state index contributed by atoms with van der Waals surface area (Å²) in [5.74, 6) is 0.649. The Labute approximate surface area is 114 Å². The van der Waals surface area contributed by atoms with Gasteiger partial charge in [-0.05, 0) is 32.7 Å². The van der Waals surface area contributed by atoms with Crippen LogP contribution in [-0.2, 0) is 11.2 Å². The van der Waals surface area contributed by atoms with E-state index in [2.05, 4.69) is 38.0 Å². The second kappa shape index (κ2) is 6.13. The maximum atomic E-state index is 5.90. The summed E-state index contributed by atoms with van der Waals surface area (Å²) in [4.78, 5) is 5.99. The van der Waals surface area contributed by atoms with Gasteiger partial charge in [0.2, 0.25) is 0 Å². The molecule has 2 heterocycles. The van der Waals surface area contributed by atoms with E-state index < -0.39 is 0 Å². The van der Waals surface area contributed by atoms with Gasteiger partial charge in [-0.1, -0.05) is 13.8 Å². The van der Waals surface area contributed by atoms with Crippen LogP contribution in [0.2, 0.25) is 0 Å². The minimum Gasteiger partial charge on any atom is -0.376 e. The molecule has 18 heavy (non-hydrogen) atoms. The van der Waals surface area contributed by atoms with E-state index in [0.29, 0.717) is 18.1 Å². The number of thiazole rings is 1. The highest BCUT2D eigenvalue weighted by Crippen LogP contribution is 2.26. The van der Waals surface area contributed by atoms with E-state index in [1.165, 1.54) is 22.0 Å². The van der Waals surface area contributed by atoms with Crippen molar-refractivity contribution in [2.24, 2.45) is 5.92 Å². The monoisotopic (exact) mass is 268 g/mol. The van der Waals surface area contributed by atoms with Crippen LogP contribution in [0, 0.1) is 19.8 Å². The smallest absolute Gasteiger partial charge is 0.0947 e. The van der Waals surface area contributed by atoms with Crippen molar-refractivity contribution in [1.82, 2.24) is 10.3 Å². The zero-order valence-corrected chi connectivity index (χ0v) is 12.6. The summed E-state index contributed by atoms with van der Waals surface area (Å²) < 4.78 is 5.90. The minimum absolute atomic E-state index is 0.342. The van der Waals surface area contributed by atoms with E-state index in [-0.39, 0.29) is 0 Å². The Balaban J connectivity index is 2.05. The zero-order valence-electron chi connectivity index (χ0n) is 11.8. The molecule has 0 amide bonds. The summed E-state index contributed by atoms with van der Waals surface area (Å²) in [6, 6.07) is 0.400. The molecule has 0 bridgehead atoms. The molecule has 1 N–H and O–H groups in total. The number of hydrogen-bond donors (Lipinski definition) is 1. The molecule has 2 rings (SSSR count). The van der Waals surface area contributed by atoms with E-state index in [0.717, 1.165) is 19.6 Å². The molecule has 3 unspecified atom stereocenters. The second-order valence-electron chi connectivity index (χ2n) is 5.22. The first-order valence-corrected chi connectivity index (χ1v) is 7.71. The fraction of sp³-hybridized carbons (Fsp3) is 0.786. The van der Waals surface area contributed by atoms with Crippen LogP contribution in [0.4, 0.5) is 0 Å². The summed E-state index contributed by atoms with van der Waals surface area (Å²) in [5.41, 5.74) is 1.17. The van der Waals surface area contributed by atoms with E-state index in [1.54, 1.807) is 0 Å². The number of hydrogen-bond acceptors (Lipinski definition) is 4. The lowest BCUT2D eigenvalue weighted by molar-refractivity contribution is 0.0615. The summed E-state index contributed by atoms with van der Waals surface area (Å²) in [5, 5.41) is 4.81. The van der Waals surface area contributed by atoms with Crippen LogP contribution >= 0.6 is 11.3 Å². The van der Waals surface area contributed by atoms with Gasteiger partial charge in [0, 0.05) is 23.9 Å². The zero-order chi connectivity index (χ0) is 13.1. The van der Waals surface area contributed by atoms with Crippen LogP contribution in [0.25, 0.3) is 0 Å². The van der Waals surface area contributed by atoms with Crippen LogP contribution in [0.1, 0.15) is 35.8 Å². The Morgan fingerprint density at radius 2 is 2.28 bits per heavy atom. The molecule has 1 aliphatic rings. The van der Waals surface area contributed by atoms with Crippen molar-refractivity contribution in [3.63, 3.8) is 0 Å². The number of aryl methyl sites for hydroxylation is 2. The van der Waals surface area contributed by atoms with Gasteiger partial charge in [-0.3, -0.25) is 0 Å². The maximum Gasteiger partial charge on any atom is 0.0947 e. The molecule has 1 aromatic heterocycles. The molecule has 102 valence electrons. The van der Waals surface area contributed by atoms with Crippen molar-refractivity contribution in [3.8, 4) is 0 Å². The highest BCUT2D eigenvalue weighted by Gasteiger charge is 2.32. The van der Waals surface area contributed by atoms with Gasteiger partial charge in [0.1, 0.15) is 0 Å². The summed E-state index contributed by atoms with van der Waals surface area (Å²) in [6.45, 7) is 10.6. The molecule has 0 radical (unpaired) electrons. The van der Waals surface area contributed by atoms with Crippen molar-refractivity contribution in [2.45, 2.75) is 52.7 Å². The molecule has 1 fully saturated rings. The first-order valence-electron chi connectivity index (χ1n) is 6.89. The fourth-order valence-corrected chi connectivity index (χ4v) is 3.60. The number of nitrogens with zero attached hydrogens (tertiary/aromatic N) is 1. The Morgan fingerprint density at radius 1 is 1.50 bits per heavy atom. The summed E-state index contributed by atoms with van der Waals surface area (Å²) >= 11 is 1.82. The largest absolute Gasteiger partial charge is 0.376 e. The topological polar surface area (TPSA) is 34.2 Å². The van der Waals surface area contributed by atoms with Gasteiger partial charge in [-0.15, -0.1) is 11.3 Å². The number of aromatic nitrogens is 1. The number of rotatable bonds is 5. The van der Waals surface area contributed by atoms with Crippen molar-refractivity contribution >= 4 is 11.3 Å². The predicted octanol–water partition coefficient (Wildman–Crippen LogP) is 2.71. The van der Waals surface area contributed by atoms with Crippen LogP contribution in [-0.4, -0.2) is 30.3 Å². The van der Waals surface area contributed by atoms with Crippen molar-refractivity contribution in [1.29, 1.82) is 0 Å². The number of ether oxygens (including phenoxy) is 1. The highest BCUT2D eigenvalue weighted by molar-refractivity contribution is 7.11. The third kappa shape index (κ3) is 3.11. The molecule has 4 heteroatoms. The van der Waals surface area contributed by atoms with Gasteiger partial charge in [-0.25, -0.2) is 4.98 Å². The van der Waals surface area contributed by atoms with Crippen molar-refractivity contribution < 1.29 is 4.74 Å². The summed E-state index contributed by atoms with van der Waals surface area (Å²) in [7, 11) is 0. The molecular formula is C14H24N2OS. The summed E-state index contributed by atoms with van der Waals surface area (Å²) in [6.07, 6.45) is 2.51. The average molecular weight is 268 g/mol. The average Bonchev–Trinajstić information content (AvgIpc) is 2.86. The van der Waals surface area contributed by atoms with Gasteiger partial charge in [0.05, 0.1) is 16.8 Å². The quantitative estimate of drug-likeness (QED) is 0.891. The lowest BCUT2D eigenvalue weighted by Gasteiger charge is -2.26. The van der Waals surface area contributed by atoms with Crippen molar-refractivity contribution in [3.05, 3.63) is 15.6 Å². The van der Waals surface area contributed by atoms with Crippen molar-refractivity contribution in [2.75, 3.05) is 13.2 Å². The normalized spacial score (nSPS) is 25.6. The van der Waals surface area contributed by atoms with Gasteiger partial charge in [0.15, 0.2) is 0 Å². The third-order valence-corrected chi connectivity index (χ3v) is 4.87. The molecule has 0 saturated carbocycles. The van der Waals surface area contributed by atoms with Crippen LogP contribution < -0.4 is 5.32 Å². The first kappa shape index (κ1) is 14.0. The Kier molecular flexibility index (Phi) is 4.76. The van der Waals surface area contributed by atoms with Crippen LogP contribution in [0.15, 0.2) is 0 Å². The van der Waals surface area contributed by atoms with Gasteiger partial charge in [0.25, 0.3) is 0 Å². The molecule has 0 spiro atoms. The third-order valence-electron chi connectivity index (χ3n) is 3.77. The van der Waals surface area contributed by atoms with E-state index in [9.17, 15) is 0 Å². The first-order chi connectivity index (χ1) is 8.61. The highest BCUT2D eigenvalue weighted by atomic mass is 32.1. The fourth-order valence-electron chi connectivity index (χ4n) is 2.61. The molecule has 1 aliphatic heterocycles.